The maximum Gasteiger partial charge on any atom is 0.326 e. The number of nitrogens with zero attached hydrogens (tertiary/aromatic N) is 3. The largest absolute Gasteiger partial charge is 0.480 e. The quantitative estimate of drug-likeness (QED) is 0.875. The van der Waals surface area contributed by atoms with Gasteiger partial charge < -0.3 is 10.0 Å². The molecule has 2 rings (SSSR count). The van der Waals surface area contributed by atoms with Crippen LogP contribution < -0.4 is 0 Å². The molecule has 7 heteroatoms. The molecule has 2 heterocycles. The highest BCUT2D eigenvalue weighted by Crippen LogP contribution is 2.21. The first-order valence-corrected chi connectivity index (χ1v) is 6.71. The lowest BCUT2D eigenvalue weighted by atomic mass is 10.1. The number of likely N-dealkylation sites (tertiary alicyclic amines) is 1. The molecule has 1 N–H and O–H groups in total. The van der Waals surface area contributed by atoms with Crippen LogP contribution in [0.5, 0.6) is 0 Å². The molecule has 6 nitrogen and oxygen atoms in total. The number of carbonyl (C=O) groups is 2. The Labute approximate surface area is 109 Å². The first-order chi connectivity index (χ1) is 8.61. The molecule has 0 spiro atoms. The minimum Gasteiger partial charge on any atom is -0.480 e. The molecule has 1 unspecified atom stereocenters. The predicted octanol–water partition coefficient (Wildman–Crippen LogP) is 1.32. The van der Waals surface area contributed by atoms with Crippen molar-refractivity contribution in [1.82, 2.24) is 14.5 Å². The van der Waals surface area contributed by atoms with Crippen LogP contribution in [-0.4, -0.2) is 44.1 Å². The third-order valence-corrected chi connectivity index (χ3v) is 3.96. The summed E-state index contributed by atoms with van der Waals surface area (Å²) in [6, 6.07) is -0.721. The molecular weight excluding hydrogens is 254 g/mol. The summed E-state index contributed by atoms with van der Waals surface area (Å²) in [5, 5.41) is 13.0. The number of amides is 1. The zero-order valence-electron chi connectivity index (χ0n) is 10.1. The molecule has 0 aliphatic carbocycles. The van der Waals surface area contributed by atoms with Crippen molar-refractivity contribution in [2.24, 2.45) is 0 Å². The fourth-order valence-electron chi connectivity index (χ4n) is 2.17. The van der Waals surface area contributed by atoms with Crippen molar-refractivity contribution in [2.75, 3.05) is 6.54 Å². The predicted molar refractivity (Wildman–Crippen MR) is 65.6 cm³/mol. The van der Waals surface area contributed by atoms with Gasteiger partial charge in [0.05, 0.1) is 5.69 Å². The van der Waals surface area contributed by atoms with Gasteiger partial charge in [0.25, 0.3) is 5.91 Å². The SMILES string of the molecule is Cc1nnsc1C(=O)N1CCCCCC1C(=O)O. The maximum atomic E-state index is 12.3. The smallest absolute Gasteiger partial charge is 0.326 e. The van der Waals surface area contributed by atoms with Crippen LogP contribution in [0.25, 0.3) is 0 Å². The third-order valence-electron chi connectivity index (χ3n) is 3.14. The number of hydrogen-bond acceptors (Lipinski definition) is 5. The van der Waals surface area contributed by atoms with Gasteiger partial charge in [0.1, 0.15) is 10.9 Å². The van der Waals surface area contributed by atoms with Gasteiger partial charge in [-0.3, -0.25) is 4.79 Å². The Kier molecular flexibility index (Phi) is 3.90. The van der Waals surface area contributed by atoms with E-state index in [-0.39, 0.29) is 5.91 Å². The molecule has 1 aliphatic heterocycles. The summed E-state index contributed by atoms with van der Waals surface area (Å²) in [5.41, 5.74) is 0.568. The van der Waals surface area contributed by atoms with Crippen molar-refractivity contribution in [3.05, 3.63) is 10.6 Å². The van der Waals surface area contributed by atoms with Gasteiger partial charge in [-0.25, -0.2) is 4.79 Å². The van der Waals surface area contributed by atoms with E-state index in [9.17, 15) is 14.7 Å². The van der Waals surface area contributed by atoms with Crippen molar-refractivity contribution in [1.29, 1.82) is 0 Å². The number of carboxylic acids is 1. The minimum absolute atomic E-state index is 0.253. The number of aliphatic carboxylic acids is 1. The maximum absolute atomic E-state index is 12.3. The van der Waals surface area contributed by atoms with E-state index in [1.165, 1.54) is 4.90 Å². The highest BCUT2D eigenvalue weighted by molar-refractivity contribution is 7.07. The average molecular weight is 269 g/mol. The van der Waals surface area contributed by atoms with E-state index in [0.717, 1.165) is 30.8 Å². The Morgan fingerprint density at radius 3 is 2.78 bits per heavy atom. The number of rotatable bonds is 2. The van der Waals surface area contributed by atoms with Gasteiger partial charge in [-0.2, -0.15) is 0 Å². The van der Waals surface area contributed by atoms with Gasteiger partial charge in [0.15, 0.2) is 0 Å². The highest BCUT2D eigenvalue weighted by Gasteiger charge is 2.32. The molecular formula is C11H15N3O3S. The lowest BCUT2D eigenvalue weighted by Crippen LogP contribution is -2.44. The first-order valence-electron chi connectivity index (χ1n) is 5.94. The highest BCUT2D eigenvalue weighted by atomic mass is 32.1. The molecule has 0 aromatic carbocycles. The van der Waals surface area contributed by atoms with Crippen molar-refractivity contribution in [3.63, 3.8) is 0 Å². The molecule has 1 fully saturated rings. The second kappa shape index (κ2) is 5.43. The monoisotopic (exact) mass is 269 g/mol. The number of carbonyl (C=O) groups excluding carboxylic acids is 1. The molecule has 1 amide bonds. The van der Waals surface area contributed by atoms with Crippen LogP contribution >= 0.6 is 11.5 Å². The summed E-state index contributed by atoms with van der Waals surface area (Å²) in [7, 11) is 0. The molecule has 0 bridgehead atoms. The fourth-order valence-corrected chi connectivity index (χ4v) is 2.78. The van der Waals surface area contributed by atoms with Gasteiger partial charge in [-0.05, 0) is 31.3 Å². The van der Waals surface area contributed by atoms with Gasteiger partial charge in [-0.15, -0.1) is 5.10 Å². The van der Waals surface area contributed by atoms with Crippen LogP contribution in [0.15, 0.2) is 0 Å². The molecule has 1 aromatic heterocycles. The molecule has 98 valence electrons. The van der Waals surface area contributed by atoms with Gasteiger partial charge >= 0.3 is 5.97 Å². The normalized spacial score (nSPS) is 20.5. The number of hydrogen-bond donors (Lipinski definition) is 1. The van der Waals surface area contributed by atoms with E-state index >= 15 is 0 Å². The van der Waals surface area contributed by atoms with E-state index in [2.05, 4.69) is 9.59 Å². The summed E-state index contributed by atoms with van der Waals surface area (Å²) < 4.78 is 3.73. The second-order valence-corrected chi connectivity index (χ2v) is 5.14. The average Bonchev–Trinajstić information content (AvgIpc) is 2.63. The van der Waals surface area contributed by atoms with Crippen molar-refractivity contribution in [2.45, 2.75) is 38.6 Å². The molecule has 1 aromatic rings. The molecule has 18 heavy (non-hydrogen) atoms. The van der Waals surface area contributed by atoms with Crippen LogP contribution in [0.4, 0.5) is 0 Å². The lowest BCUT2D eigenvalue weighted by molar-refractivity contribution is -0.142. The third kappa shape index (κ3) is 2.50. The molecule has 0 radical (unpaired) electrons. The standard InChI is InChI=1S/C11H15N3O3S/c1-7-9(18-13-12-7)10(15)14-6-4-2-3-5-8(14)11(16)17/h8H,2-6H2,1H3,(H,16,17). The van der Waals surface area contributed by atoms with Gasteiger partial charge in [0.2, 0.25) is 0 Å². The molecule has 0 saturated carbocycles. The Bertz CT molecular complexity index is 460. The van der Waals surface area contributed by atoms with E-state index < -0.39 is 12.0 Å². The Morgan fingerprint density at radius 2 is 2.17 bits per heavy atom. The Morgan fingerprint density at radius 1 is 1.39 bits per heavy atom. The second-order valence-electron chi connectivity index (χ2n) is 4.39. The lowest BCUT2D eigenvalue weighted by Gasteiger charge is -2.26. The molecule has 1 saturated heterocycles. The summed E-state index contributed by atoms with van der Waals surface area (Å²) in [6.45, 7) is 2.21. The van der Waals surface area contributed by atoms with Gasteiger partial charge in [-0.1, -0.05) is 17.3 Å². The topological polar surface area (TPSA) is 83.4 Å². The summed E-state index contributed by atoms with van der Waals surface area (Å²) in [4.78, 5) is 25.5. The van der Waals surface area contributed by atoms with E-state index in [1.54, 1.807) is 6.92 Å². The van der Waals surface area contributed by atoms with Crippen LogP contribution in [0.2, 0.25) is 0 Å². The molecule has 1 atom stereocenters. The summed E-state index contributed by atoms with van der Waals surface area (Å²) >= 11 is 1.03. The van der Waals surface area contributed by atoms with Gasteiger partial charge in [0, 0.05) is 6.54 Å². The van der Waals surface area contributed by atoms with E-state index in [0.29, 0.717) is 23.5 Å². The first kappa shape index (κ1) is 12.9. The van der Waals surface area contributed by atoms with Crippen molar-refractivity contribution in [3.8, 4) is 0 Å². The van der Waals surface area contributed by atoms with E-state index in [4.69, 9.17) is 0 Å². The van der Waals surface area contributed by atoms with Crippen molar-refractivity contribution >= 4 is 23.4 Å². The summed E-state index contributed by atoms with van der Waals surface area (Å²) in [6.07, 6.45) is 3.18. The zero-order valence-corrected chi connectivity index (χ0v) is 10.9. The van der Waals surface area contributed by atoms with Crippen LogP contribution in [0.3, 0.4) is 0 Å². The van der Waals surface area contributed by atoms with Crippen LogP contribution in [-0.2, 0) is 4.79 Å². The Hall–Kier alpha value is -1.50. The van der Waals surface area contributed by atoms with Crippen LogP contribution in [0.1, 0.15) is 41.0 Å². The number of carboxylic acid groups (broad SMARTS) is 1. The number of aryl methyl sites for hydroxylation is 1. The number of aromatic nitrogens is 2. The fraction of sp³-hybridized carbons (Fsp3) is 0.636. The summed E-state index contributed by atoms with van der Waals surface area (Å²) in [5.74, 6) is -1.18. The van der Waals surface area contributed by atoms with Crippen LogP contribution in [0, 0.1) is 6.92 Å². The molecule has 1 aliphatic rings. The van der Waals surface area contributed by atoms with Crippen molar-refractivity contribution < 1.29 is 14.7 Å². The Balaban J connectivity index is 2.25. The van der Waals surface area contributed by atoms with E-state index in [1.807, 2.05) is 0 Å². The minimum atomic E-state index is -0.930. The zero-order chi connectivity index (χ0) is 13.1.